The molecule has 0 radical (unpaired) electrons. The third-order valence-corrected chi connectivity index (χ3v) is 4.94. The average molecular weight is 382 g/mol. The van der Waals surface area contributed by atoms with Gasteiger partial charge in [0, 0.05) is 37.2 Å². The van der Waals surface area contributed by atoms with Gasteiger partial charge in [-0.3, -0.25) is 9.59 Å². The first-order chi connectivity index (χ1) is 13.6. The fourth-order valence-corrected chi connectivity index (χ4v) is 3.39. The highest BCUT2D eigenvalue weighted by Crippen LogP contribution is 2.24. The minimum absolute atomic E-state index is 0.0130. The summed E-state index contributed by atoms with van der Waals surface area (Å²) in [5, 5.41) is 2.92. The molecule has 0 atom stereocenters. The van der Waals surface area contributed by atoms with Gasteiger partial charge in [0.1, 0.15) is 11.5 Å². The van der Waals surface area contributed by atoms with Crippen LogP contribution in [-0.2, 0) is 17.9 Å². The summed E-state index contributed by atoms with van der Waals surface area (Å²) in [4.78, 5) is 26.3. The van der Waals surface area contributed by atoms with Crippen LogP contribution in [0.15, 0.2) is 42.5 Å². The second kappa shape index (κ2) is 9.26. The highest BCUT2D eigenvalue weighted by atomic mass is 16.5. The zero-order chi connectivity index (χ0) is 19.9. The first-order valence-corrected chi connectivity index (χ1v) is 9.47. The van der Waals surface area contributed by atoms with E-state index in [0.29, 0.717) is 31.8 Å². The number of unbranched alkanes of at least 4 members (excludes halogenated alkanes) is 1. The molecule has 2 aromatic rings. The van der Waals surface area contributed by atoms with Crippen LogP contribution in [0.2, 0.25) is 0 Å². The Bertz CT molecular complexity index is 850. The molecule has 0 saturated carbocycles. The van der Waals surface area contributed by atoms with Crippen molar-refractivity contribution in [1.29, 1.82) is 0 Å². The van der Waals surface area contributed by atoms with Gasteiger partial charge < -0.3 is 19.7 Å². The van der Waals surface area contributed by atoms with Crippen LogP contribution in [0.4, 0.5) is 0 Å². The molecule has 1 heterocycles. The van der Waals surface area contributed by atoms with E-state index >= 15 is 0 Å². The number of fused-ring (bicyclic) bond motifs is 1. The minimum Gasteiger partial charge on any atom is -0.497 e. The van der Waals surface area contributed by atoms with Gasteiger partial charge in [0.15, 0.2) is 0 Å². The lowest BCUT2D eigenvalue weighted by molar-refractivity contribution is -0.121. The molecule has 1 aliphatic rings. The molecule has 148 valence electrons. The van der Waals surface area contributed by atoms with E-state index in [0.717, 1.165) is 35.3 Å². The summed E-state index contributed by atoms with van der Waals surface area (Å²) in [5.41, 5.74) is 2.75. The summed E-state index contributed by atoms with van der Waals surface area (Å²) in [6, 6.07) is 13.2. The molecule has 0 aliphatic carbocycles. The molecule has 2 amide bonds. The van der Waals surface area contributed by atoms with Gasteiger partial charge in [0.05, 0.1) is 14.2 Å². The van der Waals surface area contributed by atoms with Crippen molar-refractivity contribution in [2.75, 3.05) is 20.8 Å². The fourth-order valence-electron chi connectivity index (χ4n) is 3.39. The maximum absolute atomic E-state index is 12.3. The zero-order valence-electron chi connectivity index (χ0n) is 16.4. The predicted octanol–water partition coefficient (Wildman–Crippen LogP) is 3.15. The van der Waals surface area contributed by atoms with E-state index in [1.165, 1.54) is 0 Å². The summed E-state index contributed by atoms with van der Waals surface area (Å²) in [5.74, 6) is 1.51. The molecule has 0 fully saturated rings. The van der Waals surface area contributed by atoms with E-state index in [9.17, 15) is 9.59 Å². The molecule has 6 heteroatoms. The Labute approximate surface area is 165 Å². The SMILES string of the molecule is COc1ccc(OC)c(CNC(=O)CCCCN2Cc3ccccc3C2=O)c1. The molecule has 28 heavy (non-hydrogen) atoms. The Morgan fingerprint density at radius 3 is 2.68 bits per heavy atom. The summed E-state index contributed by atoms with van der Waals surface area (Å²) >= 11 is 0. The topological polar surface area (TPSA) is 67.9 Å². The first-order valence-electron chi connectivity index (χ1n) is 9.47. The Balaban J connectivity index is 1.39. The molecule has 2 aromatic carbocycles. The van der Waals surface area contributed by atoms with Gasteiger partial charge in [-0.25, -0.2) is 0 Å². The number of benzene rings is 2. The van der Waals surface area contributed by atoms with Gasteiger partial charge in [-0.15, -0.1) is 0 Å². The molecule has 3 rings (SSSR count). The van der Waals surface area contributed by atoms with Crippen LogP contribution in [0.25, 0.3) is 0 Å². The molecule has 0 saturated heterocycles. The monoisotopic (exact) mass is 382 g/mol. The third-order valence-electron chi connectivity index (χ3n) is 4.94. The number of hydrogen-bond donors (Lipinski definition) is 1. The zero-order valence-corrected chi connectivity index (χ0v) is 16.4. The normalized spacial score (nSPS) is 12.6. The van der Waals surface area contributed by atoms with Crippen LogP contribution in [0, 0.1) is 0 Å². The second-order valence-corrected chi connectivity index (χ2v) is 6.80. The predicted molar refractivity (Wildman–Crippen MR) is 106 cm³/mol. The molecule has 0 bridgehead atoms. The number of methoxy groups -OCH3 is 2. The summed E-state index contributed by atoms with van der Waals surface area (Å²) < 4.78 is 10.5. The lowest BCUT2D eigenvalue weighted by atomic mass is 10.1. The van der Waals surface area contributed by atoms with E-state index in [-0.39, 0.29) is 11.8 Å². The second-order valence-electron chi connectivity index (χ2n) is 6.80. The van der Waals surface area contributed by atoms with Crippen molar-refractivity contribution in [3.63, 3.8) is 0 Å². The maximum Gasteiger partial charge on any atom is 0.254 e. The van der Waals surface area contributed by atoms with Gasteiger partial charge in [-0.1, -0.05) is 18.2 Å². The van der Waals surface area contributed by atoms with Crippen molar-refractivity contribution < 1.29 is 19.1 Å². The molecule has 0 spiro atoms. The van der Waals surface area contributed by atoms with Gasteiger partial charge >= 0.3 is 0 Å². The Hall–Kier alpha value is -3.02. The number of amides is 2. The third kappa shape index (κ3) is 4.63. The standard InChI is InChI=1S/C22H26N2O4/c1-27-18-10-11-20(28-2)17(13-18)14-23-21(25)9-5-6-12-24-15-16-7-3-4-8-19(16)22(24)26/h3-4,7-8,10-11,13H,5-6,9,12,14-15H2,1-2H3,(H,23,25). The summed E-state index contributed by atoms with van der Waals surface area (Å²) in [7, 11) is 3.21. The minimum atomic E-state index is -0.0130. The molecule has 6 nitrogen and oxygen atoms in total. The van der Waals surface area contributed by atoms with Crippen LogP contribution >= 0.6 is 0 Å². The lowest BCUT2D eigenvalue weighted by Gasteiger charge is -2.15. The Kier molecular flexibility index (Phi) is 6.53. The van der Waals surface area contributed by atoms with E-state index in [2.05, 4.69) is 5.32 Å². The number of carbonyl (C=O) groups excluding carboxylic acids is 2. The highest BCUT2D eigenvalue weighted by molar-refractivity contribution is 5.98. The molecule has 1 aliphatic heterocycles. The molecular formula is C22H26N2O4. The molecular weight excluding hydrogens is 356 g/mol. The summed E-state index contributed by atoms with van der Waals surface area (Å²) in [6.45, 7) is 1.72. The summed E-state index contributed by atoms with van der Waals surface area (Å²) in [6.07, 6.45) is 1.97. The lowest BCUT2D eigenvalue weighted by Crippen LogP contribution is -2.26. The number of hydrogen-bond acceptors (Lipinski definition) is 4. The molecule has 1 N–H and O–H groups in total. The van der Waals surface area contributed by atoms with Crippen molar-refractivity contribution in [2.45, 2.75) is 32.4 Å². The molecule has 0 aromatic heterocycles. The van der Waals surface area contributed by atoms with Crippen LogP contribution < -0.4 is 14.8 Å². The Morgan fingerprint density at radius 1 is 1.11 bits per heavy atom. The van der Waals surface area contributed by atoms with Gasteiger partial charge in [-0.2, -0.15) is 0 Å². The van der Waals surface area contributed by atoms with Crippen molar-refractivity contribution in [3.8, 4) is 11.5 Å². The number of nitrogens with one attached hydrogen (secondary N) is 1. The van der Waals surface area contributed by atoms with Gasteiger partial charge in [0.25, 0.3) is 5.91 Å². The average Bonchev–Trinajstić information content (AvgIpc) is 3.05. The van der Waals surface area contributed by atoms with Crippen molar-refractivity contribution >= 4 is 11.8 Å². The van der Waals surface area contributed by atoms with Crippen LogP contribution in [0.3, 0.4) is 0 Å². The van der Waals surface area contributed by atoms with Gasteiger partial charge in [-0.05, 0) is 42.7 Å². The fraction of sp³-hybridized carbons (Fsp3) is 0.364. The largest absolute Gasteiger partial charge is 0.497 e. The number of ether oxygens (including phenoxy) is 2. The highest BCUT2D eigenvalue weighted by Gasteiger charge is 2.25. The number of nitrogens with zero attached hydrogens (tertiary/aromatic N) is 1. The van der Waals surface area contributed by atoms with Gasteiger partial charge in [0.2, 0.25) is 5.91 Å². The van der Waals surface area contributed by atoms with Crippen LogP contribution in [0.5, 0.6) is 11.5 Å². The quantitative estimate of drug-likeness (QED) is 0.677. The molecule has 0 unspecified atom stereocenters. The number of rotatable bonds is 9. The smallest absolute Gasteiger partial charge is 0.254 e. The Morgan fingerprint density at radius 2 is 1.93 bits per heavy atom. The van der Waals surface area contributed by atoms with E-state index in [1.807, 2.05) is 47.4 Å². The van der Waals surface area contributed by atoms with Crippen molar-refractivity contribution in [1.82, 2.24) is 10.2 Å². The van der Waals surface area contributed by atoms with E-state index in [4.69, 9.17) is 9.47 Å². The van der Waals surface area contributed by atoms with Crippen LogP contribution in [0.1, 0.15) is 40.7 Å². The van der Waals surface area contributed by atoms with Crippen molar-refractivity contribution in [2.24, 2.45) is 0 Å². The van der Waals surface area contributed by atoms with Crippen LogP contribution in [-0.4, -0.2) is 37.5 Å². The van der Waals surface area contributed by atoms with E-state index in [1.54, 1.807) is 14.2 Å². The van der Waals surface area contributed by atoms with E-state index < -0.39 is 0 Å². The van der Waals surface area contributed by atoms with Crippen molar-refractivity contribution in [3.05, 3.63) is 59.2 Å². The number of carbonyl (C=O) groups is 2. The first kappa shape index (κ1) is 19.7. The maximum atomic E-state index is 12.3.